The van der Waals surface area contributed by atoms with Crippen LogP contribution in [0.15, 0.2) is 93.2 Å². The fourth-order valence-electron chi connectivity index (χ4n) is 3.60. The number of aromatic nitrogens is 2. The second-order valence-electron chi connectivity index (χ2n) is 7.84. The SMILES string of the molecule is CC[C@@H](C)Oc1ccccc1C=Nn1c(-c2cc3ccccc3o2)nc2ccccc2c1=O. The van der Waals surface area contributed by atoms with Gasteiger partial charge in [-0.2, -0.15) is 9.78 Å². The van der Waals surface area contributed by atoms with Crippen molar-refractivity contribution in [2.45, 2.75) is 26.4 Å². The molecule has 0 aliphatic carbocycles. The van der Waals surface area contributed by atoms with E-state index >= 15 is 0 Å². The van der Waals surface area contributed by atoms with Gasteiger partial charge >= 0.3 is 0 Å². The molecule has 0 spiro atoms. The van der Waals surface area contributed by atoms with Crippen molar-refractivity contribution in [1.29, 1.82) is 0 Å². The molecule has 0 radical (unpaired) electrons. The number of ether oxygens (including phenoxy) is 1. The van der Waals surface area contributed by atoms with Crippen LogP contribution in [-0.2, 0) is 0 Å². The van der Waals surface area contributed by atoms with E-state index in [1.165, 1.54) is 4.68 Å². The largest absolute Gasteiger partial charge is 0.490 e. The lowest BCUT2D eigenvalue weighted by atomic mass is 10.2. The lowest BCUT2D eigenvalue weighted by Crippen LogP contribution is -2.20. The minimum absolute atomic E-state index is 0.0655. The van der Waals surface area contributed by atoms with Crippen molar-refractivity contribution in [2.75, 3.05) is 0 Å². The van der Waals surface area contributed by atoms with Crippen LogP contribution in [-0.4, -0.2) is 22.0 Å². The van der Waals surface area contributed by atoms with E-state index in [0.717, 1.165) is 23.0 Å². The zero-order valence-electron chi connectivity index (χ0n) is 18.4. The Bertz CT molecular complexity index is 1500. The van der Waals surface area contributed by atoms with E-state index in [0.29, 0.717) is 28.2 Å². The molecule has 3 aromatic carbocycles. The Labute approximate surface area is 190 Å². The summed E-state index contributed by atoms with van der Waals surface area (Å²) in [5, 5.41) is 5.96. The molecule has 0 N–H and O–H groups in total. The third-order valence-electron chi connectivity index (χ3n) is 5.53. The molecular weight excluding hydrogens is 414 g/mol. The van der Waals surface area contributed by atoms with Crippen LogP contribution in [0.1, 0.15) is 25.8 Å². The molecule has 0 aliphatic heterocycles. The predicted molar refractivity (Wildman–Crippen MR) is 131 cm³/mol. The van der Waals surface area contributed by atoms with E-state index in [4.69, 9.17) is 14.1 Å². The van der Waals surface area contributed by atoms with Gasteiger partial charge in [0, 0.05) is 10.9 Å². The van der Waals surface area contributed by atoms with Crippen LogP contribution in [0, 0.1) is 0 Å². The molecule has 0 saturated carbocycles. The molecule has 6 nitrogen and oxygen atoms in total. The Kier molecular flexibility index (Phi) is 5.48. The van der Waals surface area contributed by atoms with Gasteiger partial charge in [0.15, 0.2) is 5.76 Å². The lowest BCUT2D eigenvalue weighted by Gasteiger charge is -2.14. The number of hydrogen-bond acceptors (Lipinski definition) is 5. The van der Waals surface area contributed by atoms with Crippen LogP contribution in [0.5, 0.6) is 5.75 Å². The molecule has 6 heteroatoms. The van der Waals surface area contributed by atoms with Crippen LogP contribution in [0.4, 0.5) is 0 Å². The molecule has 0 fully saturated rings. The van der Waals surface area contributed by atoms with E-state index < -0.39 is 0 Å². The second-order valence-corrected chi connectivity index (χ2v) is 7.84. The highest BCUT2D eigenvalue weighted by atomic mass is 16.5. The summed E-state index contributed by atoms with van der Waals surface area (Å²) in [7, 11) is 0. The van der Waals surface area contributed by atoms with Crippen molar-refractivity contribution in [2.24, 2.45) is 5.10 Å². The molecular formula is C27H23N3O3. The van der Waals surface area contributed by atoms with Gasteiger partial charge in [-0.15, -0.1) is 0 Å². The summed E-state index contributed by atoms with van der Waals surface area (Å²) in [6, 6.07) is 24.4. The maximum absolute atomic E-state index is 13.4. The smallest absolute Gasteiger partial charge is 0.282 e. The fraction of sp³-hybridized carbons (Fsp3) is 0.148. The first-order valence-corrected chi connectivity index (χ1v) is 10.9. The number of fused-ring (bicyclic) bond motifs is 2. The first-order chi connectivity index (χ1) is 16.1. The maximum atomic E-state index is 13.4. The Morgan fingerprint density at radius 1 is 1.06 bits per heavy atom. The number of furan rings is 1. The van der Waals surface area contributed by atoms with E-state index in [-0.39, 0.29) is 11.7 Å². The van der Waals surface area contributed by atoms with E-state index in [1.807, 2.05) is 79.7 Å². The molecule has 0 unspecified atom stereocenters. The normalized spacial score (nSPS) is 12.5. The van der Waals surface area contributed by atoms with Gasteiger partial charge in [-0.05, 0) is 49.7 Å². The highest BCUT2D eigenvalue weighted by molar-refractivity contribution is 5.85. The summed E-state index contributed by atoms with van der Waals surface area (Å²) in [5.74, 6) is 1.52. The van der Waals surface area contributed by atoms with Crippen molar-refractivity contribution in [3.05, 3.63) is 94.8 Å². The van der Waals surface area contributed by atoms with Gasteiger partial charge in [0.25, 0.3) is 5.56 Å². The third kappa shape index (κ3) is 4.03. The summed E-state index contributed by atoms with van der Waals surface area (Å²) in [5.41, 5.74) is 1.81. The van der Waals surface area contributed by atoms with Gasteiger partial charge in [-0.1, -0.05) is 49.4 Å². The molecule has 0 amide bonds. The number of para-hydroxylation sites is 3. The first-order valence-electron chi connectivity index (χ1n) is 10.9. The molecule has 0 saturated heterocycles. The van der Waals surface area contributed by atoms with Crippen LogP contribution in [0.3, 0.4) is 0 Å². The molecule has 0 bridgehead atoms. The van der Waals surface area contributed by atoms with Gasteiger partial charge < -0.3 is 9.15 Å². The quantitative estimate of drug-likeness (QED) is 0.312. The summed E-state index contributed by atoms with van der Waals surface area (Å²) in [6.45, 7) is 4.09. The van der Waals surface area contributed by atoms with Gasteiger partial charge in [-0.25, -0.2) is 4.98 Å². The summed E-state index contributed by atoms with van der Waals surface area (Å²) in [6.07, 6.45) is 2.58. The summed E-state index contributed by atoms with van der Waals surface area (Å²) < 4.78 is 13.3. The van der Waals surface area contributed by atoms with Crippen molar-refractivity contribution in [1.82, 2.24) is 9.66 Å². The van der Waals surface area contributed by atoms with Gasteiger partial charge in [0.2, 0.25) is 5.82 Å². The molecule has 2 aromatic heterocycles. The number of benzene rings is 3. The molecule has 5 aromatic rings. The van der Waals surface area contributed by atoms with Crippen LogP contribution >= 0.6 is 0 Å². The van der Waals surface area contributed by atoms with Crippen molar-refractivity contribution in [3.8, 4) is 17.3 Å². The molecule has 164 valence electrons. The number of hydrogen-bond donors (Lipinski definition) is 0. The second kappa shape index (κ2) is 8.74. The minimum atomic E-state index is -0.271. The fourth-order valence-corrected chi connectivity index (χ4v) is 3.60. The zero-order valence-corrected chi connectivity index (χ0v) is 18.4. The van der Waals surface area contributed by atoms with Crippen LogP contribution in [0.2, 0.25) is 0 Å². The number of rotatable bonds is 6. The Hall–Kier alpha value is -4.19. The monoisotopic (exact) mass is 437 g/mol. The van der Waals surface area contributed by atoms with Crippen LogP contribution < -0.4 is 10.3 Å². The number of nitrogens with zero attached hydrogens (tertiary/aromatic N) is 3. The third-order valence-corrected chi connectivity index (χ3v) is 5.53. The molecule has 33 heavy (non-hydrogen) atoms. The van der Waals surface area contributed by atoms with E-state index in [1.54, 1.807) is 12.3 Å². The predicted octanol–water partition coefficient (Wildman–Crippen LogP) is 5.87. The molecule has 2 heterocycles. The average molecular weight is 437 g/mol. The average Bonchev–Trinajstić information content (AvgIpc) is 3.28. The summed E-state index contributed by atoms with van der Waals surface area (Å²) in [4.78, 5) is 18.1. The Morgan fingerprint density at radius 3 is 2.67 bits per heavy atom. The zero-order chi connectivity index (χ0) is 22.8. The highest BCUT2D eigenvalue weighted by Crippen LogP contribution is 2.27. The topological polar surface area (TPSA) is 69.6 Å². The van der Waals surface area contributed by atoms with Crippen LogP contribution in [0.25, 0.3) is 33.5 Å². The molecule has 1 atom stereocenters. The Balaban J connectivity index is 1.67. The first kappa shape index (κ1) is 20.7. The van der Waals surface area contributed by atoms with Gasteiger partial charge in [0.05, 0.1) is 23.2 Å². The lowest BCUT2D eigenvalue weighted by molar-refractivity contribution is 0.217. The minimum Gasteiger partial charge on any atom is -0.490 e. The van der Waals surface area contributed by atoms with Crippen molar-refractivity contribution < 1.29 is 9.15 Å². The molecule has 0 aliphatic rings. The Morgan fingerprint density at radius 2 is 1.82 bits per heavy atom. The maximum Gasteiger partial charge on any atom is 0.282 e. The van der Waals surface area contributed by atoms with Gasteiger partial charge in [-0.3, -0.25) is 4.79 Å². The highest BCUT2D eigenvalue weighted by Gasteiger charge is 2.16. The van der Waals surface area contributed by atoms with E-state index in [9.17, 15) is 4.79 Å². The van der Waals surface area contributed by atoms with Gasteiger partial charge in [0.1, 0.15) is 11.3 Å². The molecule has 5 rings (SSSR count). The summed E-state index contributed by atoms with van der Waals surface area (Å²) >= 11 is 0. The van der Waals surface area contributed by atoms with Crippen molar-refractivity contribution in [3.63, 3.8) is 0 Å². The van der Waals surface area contributed by atoms with E-state index in [2.05, 4.69) is 12.0 Å². The van der Waals surface area contributed by atoms with Crippen molar-refractivity contribution >= 4 is 28.1 Å². The standard InChI is InChI=1S/C27H23N3O3/c1-3-18(2)32-24-15-9-5-11-20(24)17-28-30-26(25-16-19-10-4-8-14-23(19)33-25)29-22-13-7-6-12-21(22)27(30)31/h4-18H,3H2,1-2H3/t18-/m1/s1.